The average Bonchev–Trinajstić information content (AvgIpc) is 2.92. The van der Waals surface area contributed by atoms with Gasteiger partial charge in [0.1, 0.15) is 0 Å². The van der Waals surface area contributed by atoms with Crippen molar-refractivity contribution in [2.75, 3.05) is 24.6 Å². The van der Waals surface area contributed by atoms with Crippen LogP contribution < -0.4 is 4.90 Å². The van der Waals surface area contributed by atoms with E-state index in [1.54, 1.807) is 6.92 Å². The number of hydrogen-bond donors (Lipinski definition) is 1. The lowest BCUT2D eigenvalue weighted by Gasteiger charge is -2.21. The number of fused-ring (bicyclic) bond motifs is 1. The molecular formula is C15H17N3O3. The predicted molar refractivity (Wildman–Crippen MR) is 78.3 cm³/mol. The molecule has 1 aliphatic rings. The lowest BCUT2D eigenvalue weighted by Crippen LogP contribution is -2.25. The third-order valence-electron chi connectivity index (χ3n) is 3.59. The molecule has 0 spiro atoms. The first-order chi connectivity index (χ1) is 10.2. The summed E-state index contributed by atoms with van der Waals surface area (Å²) in [4.78, 5) is 14.1. The van der Waals surface area contributed by atoms with Crippen molar-refractivity contribution >= 4 is 22.6 Å². The van der Waals surface area contributed by atoms with E-state index < -0.39 is 5.97 Å². The van der Waals surface area contributed by atoms with Crippen molar-refractivity contribution in [1.29, 1.82) is 0 Å². The number of aromatic nitrogens is 2. The Labute approximate surface area is 122 Å². The normalized spacial score (nSPS) is 18.2. The van der Waals surface area contributed by atoms with E-state index in [-0.39, 0.29) is 18.4 Å². The van der Waals surface area contributed by atoms with Gasteiger partial charge in [-0.1, -0.05) is 18.2 Å². The summed E-state index contributed by atoms with van der Waals surface area (Å²) < 4.78 is 5.07. The van der Waals surface area contributed by atoms with Crippen LogP contribution in [-0.2, 0) is 4.74 Å². The number of benzene rings is 1. The zero-order valence-corrected chi connectivity index (χ0v) is 11.8. The van der Waals surface area contributed by atoms with Crippen LogP contribution in [0.3, 0.4) is 0 Å². The van der Waals surface area contributed by atoms with E-state index in [0.29, 0.717) is 25.2 Å². The van der Waals surface area contributed by atoms with Crippen LogP contribution in [0.1, 0.15) is 23.8 Å². The van der Waals surface area contributed by atoms with Crippen LogP contribution in [0.25, 0.3) is 10.9 Å². The third-order valence-corrected chi connectivity index (χ3v) is 3.59. The smallest absolute Gasteiger partial charge is 0.361 e. The first kappa shape index (κ1) is 13.8. The number of anilines is 1. The minimum Gasteiger partial charge on any atom is -0.461 e. The minimum absolute atomic E-state index is 0.213. The Bertz CT molecular complexity index is 674. The Morgan fingerprint density at radius 1 is 1.43 bits per heavy atom. The summed E-state index contributed by atoms with van der Waals surface area (Å²) in [5.74, 6) is -0.479. The molecule has 1 aliphatic heterocycles. The van der Waals surface area contributed by atoms with Crippen LogP contribution in [0, 0.1) is 0 Å². The molecule has 1 fully saturated rings. The maximum Gasteiger partial charge on any atom is 0.361 e. The Hall–Kier alpha value is -2.21. The van der Waals surface area contributed by atoms with E-state index in [4.69, 9.17) is 4.74 Å². The van der Waals surface area contributed by atoms with Crippen LogP contribution in [0.15, 0.2) is 24.3 Å². The Kier molecular flexibility index (Phi) is 3.70. The number of esters is 1. The predicted octanol–water partition coefficient (Wildman–Crippen LogP) is 1.38. The number of carbonyl (C=O) groups excluding carboxylic acids is 1. The first-order valence-electron chi connectivity index (χ1n) is 7.06. The van der Waals surface area contributed by atoms with Gasteiger partial charge >= 0.3 is 5.97 Å². The number of aliphatic hydroxyl groups is 1. The Morgan fingerprint density at radius 2 is 2.24 bits per heavy atom. The third kappa shape index (κ3) is 2.54. The molecule has 2 heterocycles. The van der Waals surface area contributed by atoms with Gasteiger partial charge in [0, 0.05) is 18.5 Å². The quantitative estimate of drug-likeness (QED) is 0.860. The molecule has 0 saturated carbocycles. The second kappa shape index (κ2) is 5.65. The summed E-state index contributed by atoms with van der Waals surface area (Å²) in [5.41, 5.74) is 1.64. The molecule has 1 saturated heterocycles. The monoisotopic (exact) mass is 287 g/mol. The number of nitrogens with zero attached hydrogens (tertiary/aromatic N) is 3. The fourth-order valence-electron chi connectivity index (χ4n) is 2.64. The van der Waals surface area contributed by atoms with Crippen molar-refractivity contribution in [3.05, 3.63) is 30.0 Å². The van der Waals surface area contributed by atoms with Crippen molar-refractivity contribution in [3.63, 3.8) is 0 Å². The lowest BCUT2D eigenvalue weighted by molar-refractivity contribution is 0.0519. The summed E-state index contributed by atoms with van der Waals surface area (Å²) >= 11 is 0. The molecule has 6 nitrogen and oxygen atoms in total. The van der Waals surface area contributed by atoms with E-state index in [2.05, 4.69) is 10.2 Å². The van der Waals surface area contributed by atoms with Gasteiger partial charge in [-0.25, -0.2) is 4.79 Å². The van der Waals surface area contributed by atoms with Crippen molar-refractivity contribution in [1.82, 2.24) is 10.2 Å². The molecule has 3 rings (SSSR count). The van der Waals surface area contributed by atoms with E-state index in [1.807, 2.05) is 29.2 Å². The molecule has 0 aliphatic carbocycles. The van der Waals surface area contributed by atoms with E-state index in [1.165, 1.54) is 0 Å². The Morgan fingerprint density at radius 3 is 2.95 bits per heavy atom. The standard InChI is InChI=1S/C15H17N3O3/c1-2-21-15(20)13-14(18-8-7-10(19)9-18)11-5-3-4-6-12(11)16-17-13/h3-6,10,19H,2,7-9H2,1H3. The van der Waals surface area contributed by atoms with Crippen molar-refractivity contribution in [2.24, 2.45) is 0 Å². The zero-order chi connectivity index (χ0) is 14.8. The summed E-state index contributed by atoms with van der Waals surface area (Å²) in [6, 6.07) is 7.54. The second-order valence-corrected chi connectivity index (χ2v) is 5.02. The molecule has 6 heteroatoms. The fraction of sp³-hybridized carbons (Fsp3) is 0.400. The van der Waals surface area contributed by atoms with Gasteiger partial charge in [0.2, 0.25) is 0 Å². The van der Waals surface area contributed by atoms with Gasteiger partial charge in [-0.15, -0.1) is 10.2 Å². The molecule has 0 bridgehead atoms. The zero-order valence-electron chi connectivity index (χ0n) is 11.8. The van der Waals surface area contributed by atoms with Gasteiger partial charge in [-0.3, -0.25) is 0 Å². The van der Waals surface area contributed by atoms with Gasteiger partial charge in [0.25, 0.3) is 0 Å². The largest absolute Gasteiger partial charge is 0.461 e. The highest BCUT2D eigenvalue weighted by molar-refractivity contribution is 6.03. The van der Waals surface area contributed by atoms with Crippen LogP contribution in [-0.4, -0.2) is 47.1 Å². The van der Waals surface area contributed by atoms with Crippen LogP contribution >= 0.6 is 0 Å². The van der Waals surface area contributed by atoms with Crippen LogP contribution in [0.2, 0.25) is 0 Å². The average molecular weight is 287 g/mol. The molecule has 1 aromatic carbocycles. The maximum atomic E-state index is 12.1. The molecule has 1 unspecified atom stereocenters. The summed E-state index contributed by atoms with van der Waals surface area (Å²) in [5, 5.41) is 18.8. The first-order valence-corrected chi connectivity index (χ1v) is 7.06. The number of β-amino-alcohol motifs (C(OH)–C–C–N with tert-alkyl or cyclic N) is 1. The Balaban J connectivity index is 2.15. The number of carbonyl (C=O) groups is 1. The number of ether oxygens (including phenoxy) is 1. The van der Waals surface area contributed by atoms with Crippen molar-refractivity contribution in [2.45, 2.75) is 19.4 Å². The molecule has 21 heavy (non-hydrogen) atoms. The SMILES string of the molecule is CCOC(=O)c1nnc2ccccc2c1N1CCC(O)C1. The van der Waals surface area contributed by atoms with Crippen molar-refractivity contribution < 1.29 is 14.6 Å². The van der Waals surface area contributed by atoms with Gasteiger partial charge in [0.05, 0.1) is 23.9 Å². The molecular weight excluding hydrogens is 270 g/mol. The molecule has 2 aromatic rings. The molecule has 0 radical (unpaired) electrons. The molecule has 0 amide bonds. The summed E-state index contributed by atoms with van der Waals surface area (Å²) in [6.45, 7) is 3.21. The van der Waals surface area contributed by atoms with E-state index >= 15 is 0 Å². The number of hydrogen-bond acceptors (Lipinski definition) is 6. The number of rotatable bonds is 3. The lowest BCUT2D eigenvalue weighted by atomic mass is 10.1. The van der Waals surface area contributed by atoms with Gasteiger partial charge in [-0.2, -0.15) is 0 Å². The van der Waals surface area contributed by atoms with E-state index in [0.717, 1.165) is 10.9 Å². The molecule has 110 valence electrons. The van der Waals surface area contributed by atoms with Crippen molar-refractivity contribution in [3.8, 4) is 0 Å². The van der Waals surface area contributed by atoms with Gasteiger partial charge < -0.3 is 14.7 Å². The summed E-state index contributed by atoms with van der Waals surface area (Å²) in [6.07, 6.45) is 0.297. The minimum atomic E-state index is -0.479. The highest BCUT2D eigenvalue weighted by Gasteiger charge is 2.28. The highest BCUT2D eigenvalue weighted by Crippen LogP contribution is 2.31. The fourth-order valence-corrected chi connectivity index (χ4v) is 2.64. The molecule has 1 atom stereocenters. The second-order valence-electron chi connectivity index (χ2n) is 5.02. The van der Waals surface area contributed by atoms with Gasteiger partial charge in [0.15, 0.2) is 5.69 Å². The van der Waals surface area contributed by atoms with E-state index in [9.17, 15) is 9.90 Å². The topological polar surface area (TPSA) is 75.5 Å². The molecule has 1 N–H and O–H groups in total. The maximum absolute atomic E-state index is 12.1. The summed E-state index contributed by atoms with van der Waals surface area (Å²) in [7, 11) is 0. The van der Waals surface area contributed by atoms with Crippen LogP contribution in [0.4, 0.5) is 5.69 Å². The molecule has 1 aromatic heterocycles. The number of aliphatic hydroxyl groups excluding tert-OH is 1. The van der Waals surface area contributed by atoms with Crippen LogP contribution in [0.5, 0.6) is 0 Å². The van der Waals surface area contributed by atoms with Gasteiger partial charge in [-0.05, 0) is 19.4 Å². The highest BCUT2D eigenvalue weighted by atomic mass is 16.5.